The molecule has 0 radical (unpaired) electrons. The molecule has 0 bridgehead atoms. The molecule has 0 unspecified atom stereocenters. The smallest absolute Gasteiger partial charge is 0.233 e. The molecule has 0 aliphatic carbocycles. The third kappa shape index (κ3) is 5.73. The van der Waals surface area contributed by atoms with Gasteiger partial charge in [0.25, 0.3) is 0 Å². The predicted molar refractivity (Wildman–Crippen MR) is 125 cm³/mol. The van der Waals surface area contributed by atoms with Gasteiger partial charge in [0.15, 0.2) is 11.5 Å². The van der Waals surface area contributed by atoms with Crippen LogP contribution in [0.4, 0.5) is 0 Å². The van der Waals surface area contributed by atoms with Gasteiger partial charge in [-0.25, -0.2) is 13.1 Å². The maximum Gasteiger partial charge on any atom is 0.233 e. The summed E-state index contributed by atoms with van der Waals surface area (Å²) in [6.07, 6.45) is 1.55. The highest BCUT2D eigenvalue weighted by Crippen LogP contribution is 2.21. The minimum atomic E-state index is -3.58. The Morgan fingerprint density at radius 1 is 1.00 bits per heavy atom. The summed E-state index contributed by atoms with van der Waals surface area (Å²) in [4.78, 5) is 0. The molecule has 2 aromatic heterocycles. The van der Waals surface area contributed by atoms with Crippen molar-refractivity contribution in [3.8, 4) is 23.0 Å². The first-order valence-corrected chi connectivity index (χ1v) is 11.7. The molecule has 4 rings (SSSR count). The van der Waals surface area contributed by atoms with E-state index in [-0.39, 0.29) is 13.2 Å². The molecular formula is C23H23N5O4S. The van der Waals surface area contributed by atoms with E-state index in [1.54, 1.807) is 29.8 Å². The molecule has 0 spiro atoms. The lowest BCUT2D eigenvalue weighted by atomic mass is 10.2. The number of hydrogen-bond acceptors (Lipinski definition) is 7. The van der Waals surface area contributed by atoms with Gasteiger partial charge in [-0.3, -0.25) is 0 Å². The fourth-order valence-electron chi connectivity index (χ4n) is 3.00. The fourth-order valence-corrected chi connectivity index (χ4v) is 3.80. The molecule has 0 fully saturated rings. The molecule has 33 heavy (non-hydrogen) atoms. The van der Waals surface area contributed by atoms with Crippen molar-refractivity contribution in [2.75, 3.05) is 20.3 Å². The van der Waals surface area contributed by atoms with Crippen LogP contribution in [0.15, 0.2) is 66.1 Å². The summed E-state index contributed by atoms with van der Waals surface area (Å²) in [5, 5.41) is 13.9. The Kier molecular flexibility index (Phi) is 6.66. The fraction of sp³-hybridized carbons (Fsp3) is 0.174. The lowest BCUT2D eigenvalue weighted by Crippen LogP contribution is -2.26. The maximum absolute atomic E-state index is 12.2. The summed E-state index contributed by atoms with van der Waals surface area (Å²) < 4.78 is 39.2. The van der Waals surface area contributed by atoms with Crippen LogP contribution >= 0.6 is 0 Å². The second-order valence-corrected chi connectivity index (χ2v) is 8.85. The van der Waals surface area contributed by atoms with Gasteiger partial charge < -0.3 is 9.47 Å². The van der Waals surface area contributed by atoms with Crippen LogP contribution in [0.2, 0.25) is 0 Å². The number of nitrogens with one attached hydrogen (secondary N) is 1. The molecule has 2 heterocycles. The van der Waals surface area contributed by atoms with E-state index in [2.05, 4.69) is 20.0 Å². The van der Waals surface area contributed by atoms with Gasteiger partial charge in [0.05, 0.1) is 7.11 Å². The number of rotatable bonds is 9. The Hall–Kier alpha value is -3.76. The third-order valence-electron chi connectivity index (χ3n) is 4.76. The van der Waals surface area contributed by atoms with E-state index in [1.165, 1.54) is 0 Å². The SMILES string of the molecule is COc1ccc(-c2nnc3ccc(OCCNS(=O)(=O)/C=C/c4ccc(C)cc4)nn23)cc1. The summed E-state index contributed by atoms with van der Waals surface area (Å²) in [5.74, 6) is 1.62. The molecule has 0 atom stereocenters. The van der Waals surface area contributed by atoms with Gasteiger partial charge in [0.1, 0.15) is 12.4 Å². The van der Waals surface area contributed by atoms with Crippen molar-refractivity contribution >= 4 is 21.7 Å². The van der Waals surface area contributed by atoms with Crippen molar-refractivity contribution in [1.82, 2.24) is 24.5 Å². The Balaban J connectivity index is 1.36. The van der Waals surface area contributed by atoms with E-state index in [4.69, 9.17) is 9.47 Å². The molecule has 170 valence electrons. The highest BCUT2D eigenvalue weighted by atomic mass is 32.2. The van der Waals surface area contributed by atoms with Crippen LogP contribution in [0.1, 0.15) is 11.1 Å². The number of fused-ring (bicyclic) bond motifs is 1. The van der Waals surface area contributed by atoms with Crippen LogP contribution in [0.3, 0.4) is 0 Å². The van der Waals surface area contributed by atoms with E-state index in [0.29, 0.717) is 17.4 Å². The summed E-state index contributed by atoms with van der Waals surface area (Å²) >= 11 is 0. The average molecular weight is 466 g/mol. The Labute approximate surface area is 191 Å². The van der Waals surface area contributed by atoms with Crippen LogP contribution in [0, 0.1) is 6.92 Å². The van der Waals surface area contributed by atoms with Gasteiger partial charge in [0, 0.05) is 23.6 Å². The summed E-state index contributed by atoms with van der Waals surface area (Å²) in [6.45, 7) is 2.17. The topological polar surface area (TPSA) is 108 Å². The van der Waals surface area contributed by atoms with Crippen molar-refractivity contribution in [1.29, 1.82) is 0 Å². The highest BCUT2D eigenvalue weighted by Gasteiger charge is 2.11. The van der Waals surface area contributed by atoms with Crippen molar-refractivity contribution in [2.24, 2.45) is 0 Å². The van der Waals surface area contributed by atoms with Crippen molar-refractivity contribution < 1.29 is 17.9 Å². The van der Waals surface area contributed by atoms with E-state index >= 15 is 0 Å². The molecule has 9 nitrogen and oxygen atoms in total. The van der Waals surface area contributed by atoms with E-state index in [1.807, 2.05) is 55.5 Å². The van der Waals surface area contributed by atoms with E-state index in [9.17, 15) is 8.42 Å². The van der Waals surface area contributed by atoms with Gasteiger partial charge in [-0.2, -0.15) is 4.52 Å². The second-order valence-electron chi connectivity index (χ2n) is 7.19. The van der Waals surface area contributed by atoms with Crippen LogP contribution < -0.4 is 14.2 Å². The number of methoxy groups -OCH3 is 1. The highest BCUT2D eigenvalue weighted by molar-refractivity contribution is 7.92. The Bertz CT molecular complexity index is 1360. The van der Waals surface area contributed by atoms with Gasteiger partial charge in [-0.15, -0.1) is 15.3 Å². The zero-order chi connectivity index (χ0) is 23.3. The molecule has 0 amide bonds. The largest absolute Gasteiger partial charge is 0.497 e. The molecule has 4 aromatic rings. The molecule has 1 N–H and O–H groups in total. The first-order chi connectivity index (χ1) is 15.9. The van der Waals surface area contributed by atoms with Gasteiger partial charge in [-0.05, 0) is 48.9 Å². The predicted octanol–water partition coefficient (Wildman–Crippen LogP) is 3.08. The lowest BCUT2D eigenvalue weighted by molar-refractivity contribution is 0.306. The number of aromatic nitrogens is 4. The van der Waals surface area contributed by atoms with Crippen molar-refractivity contribution in [3.63, 3.8) is 0 Å². The normalized spacial score (nSPS) is 11.8. The number of aryl methyl sites for hydroxylation is 1. The van der Waals surface area contributed by atoms with Gasteiger partial charge in [0.2, 0.25) is 15.9 Å². The standard InChI is InChI=1S/C23H23N5O4S/c1-17-3-5-18(6-4-17)13-16-33(29,30)24-14-15-32-22-12-11-21-25-26-23(28(21)27-22)19-7-9-20(31-2)10-8-19/h3-13,16,24H,14-15H2,1-2H3/b16-13+. The number of hydrogen-bond donors (Lipinski definition) is 1. The van der Waals surface area contributed by atoms with Gasteiger partial charge >= 0.3 is 0 Å². The van der Waals surface area contributed by atoms with Crippen LogP contribution in [-0.4, -0.2) is 48.5 Å². The summed E-state index contributed by atoms with van der Waals surface area (Å²) in [5.41, 5.74) is 3.30. The minimum Gasteiger partial charge on any atom is -0.497 e. The van der Waals surface area contributed by atoms with Crippen LogP contribution in [0.5, 0.6) is 11.6 Å². The van der Waals surface area contributed by atoms with Crippen LogP contribution in [0.25, 0.3) is 23.1 Å². The number of sulfonamides is 1. The summed E-state index contributed by atoms with van der Waals surface area (Å²) in [6, 6.07) is 18.3. The first-order valence-electron chi connectivity index (χ1n) is 10.2. The van der Waals surface area contributed by atoms with E-state index in [0.717, 1.165) is 27.8 Å². The molecular weight excluding hydrogens is 442 g/mol. The number of benzene rings is 2. The zero-order valence-electron chi connectivity index (χ0n) is 18.2. The average Bonchev–Trinajstić information content (AvgIpc) is 3.25. The van der Waals surface area contributed by atoms with E-state index < -0.39 is 10.0 Å². The lowest BCUT2D eigenvalue weighted by Gasteiger charge is -2.07. The third-order valence-corrected chi connectivity index (χ3v) is 5.86. The second kappa shape index (κ2) is 9.80. The molecule has 10 heteroatoms. The monoisotopic (exact) mass is 465 g/mol. The zero-order valence-corrected chi connectivity index (χ0v) is 19.0. The van der Waals surface area contributed by atoms with Crippen molar-refractivity contribution in [3.05, 3.63) is 77.2 Å². The minimum absolute atomic E-state index is 0.0911. The number of ether oxygens (including phenoxy) is 2. The summed E-state index contributed by atoms with van der Waals surface area (Å²) in [7, 11) is -1.98. The van der Waals surface area contributed by atoms with Gasteiger partial charge in [-0.1, -0.05) is 29.8 Å². The first kappa shape index (κ1) is 22.4. The Morgan fingerprint density at radius 2 is 1.76 bits per heavy atom. The van der Waals surface area contributed by atoms with Crippen LogP contribution in [-0.2, 0) is 10.0 Å². The quantitative estimate of drug-likeness (QED) is 0.379. The Morgan fingerprint density at radius 3 is 2.48 bits per heavy atom. The van der Waals surface area contributed by atoms with Crippen molar-refractivity contribution in [2.45, 2.75) is 6.92 Å². The molecule has 0 aliphatic rings. The number of nitrogens with zero attached hydrogens (tertiary/aromatic N) is 4. The molecule has 2 aromatic carbocycles. The molecule has 0 saturated heterocycles. The molecule has 0 saturated carbocycles. The maximum atomic E-state index is 12.2. The molecule has 0 aliphatic heterocycles.